The van der Waals surface area contributed by atoms with E-state index in [2.05, 4.69) is 10.4 Å². The molecule has 1 fully saturated rings. The first-order valence-electron chi connectivity index (χ1n) is 10.4. The number of rotatable bonds is 6. The van der Waals surface area contributed by atoms with Crippen LogP contribution in [0.2, 0.25) is 5.02 Å². The van der Waals surface area contributed by atoms with Gasteiger partial charge in [0.1, 0.15) is 5.75 Å². The number of para-hydroxylation sites is 1. The van der Waals surface area contributed by atoms with Gasteiger partial charge in [0, 0.05) is 35.8 Å². The van der Waals surface area contributed by atoms with E-state index in [0.29, 0.717) is 23.0 Å². The molecule has 1 atom stereocenters. The van der Waals surface area contributed by atoms with Gasteiger partial charge in [0.15, 0.2) is 0 Å². The van der Waals surface area contributed by atoms with E-state index in [0.717, 1.165) is 22.6 Å². The Labute approximate surface area is 191 Å². The molecular formula is C24H25ClN4O3. The number of amides is 2. The Hall–Kier alpha value is -3.32. The molecular weight excluding hydrogens is 428 g/mol. The molecule has 2 aromatic carbocycles. The molecule has 1 aromatic heterocycles. The van der Waals surface area contributed by atoms with E-state index in [9.17, 15) is 9.59 Å². The molecule has 166 valence electrons. The van der Waals surface area contributed by atoms with Gasteiger partial charge in [-0.05, 0) is 44.2 Å². The fourth-order valence-corrected chi connectivity index (χ4v) is 4.23. The highest BCUT2D eigenvalue weighted by Gasteiger charge is 2.36. The van der Waals surface area contributed by atoms with Crippen molar-refractivity contribution in [3.8, 4) is 11.4 Å². The van der Waals surface area contributed by atoms with Gasteiger partial charge in [0.2, 0.25) is 11.8 Å². The van der Waals surface area contributed by atoms with E-state index in [-0.39, 0.29) is 24.8 Å². The van der Waals surface area contributed by atoms with Crippen LogP contribution in [-0.4, -0.2) is 35.2 Å². The quantitative estimate of drug-likeness (QED) is 0.616. The zero-order chi connectivity index (χ0) is 22.8. The largest absolute Gasteiger partial charge is 0.495 e. The minimum atomic E-state index is -0.448. The van der Waals surface area contributed by atoms with E-state index in [4.69, 9.17) is 16.3 Å². The molecule has 1 aliphatic heterocycles. The van der Waals surface area contributed by atoms with Crippen LogP contribution in [0.5, 0.6) is 5.75 Å². The molecule has 1 saturated heterocycles. The number of aromatic nitrogens is 2. The minimum Gasteiger partial charge on any atom is -0.495 e. The summed E-state index contributed by atoms with van der Waals surface area (Å²) in [4.78, 5) is 27.1. The monoisotopic (exact) mass is 452 g/mol. The fraction of sp³-hybridized carbons (Fsp3) is 0.292. The Balaban J connectivity index is 1.45. The minimum absolute atomic E-state index is 0.130. The van der Waals surface area contributed by atoms with Crippen LogP contribution in [0, 0.1) is 19.8 Å². The van der Waals surface area contributed by atoms with Gasteiger partial charge < -0.3 is 15.0 Å². The summed E-state index contributed by atoms with van der Waals surface area (Å²) in [6.07, 6.45) is 0.142. The molecule has 8 heteroatoms. The van der Waals surface area contributed by atoms with Crippen molar-refractivity contribution in [2.24, 2.45) is 5.92 Å². The van der Waals surface area contributed by atoms with Crippen LogP contribution >= 0.6 is 11.6 Å². The molecule has 0 saturated carbocycles. The lowest BCUT2D eigenvalue weighted by molar-refractivity contribution is -0.126. The first-order chi connectivity index (χ1) is 15.4. The number of halogens is 1. The first kappa shape index (κ1) is 21.9. The number of aryl methyl sites for hydroxylation is 1. The lowest BCUT2D eigenvalue weighted by atomic mass is 10.1. The Morgan fingerprint density at radius 1 is 1.22 bits per heavy atom. The first-order valence-corrected chi connectivity index (χ1v) is 10.8. The topological polar surface area (TPSA) is 76.5 Å². The van der Waals surface area contributed by atoms with Gasteiger partial charge in [-0.1, -0.05) is 29.8 Å². The second kappa shape index (κ2) is 9.04. The number of methoxy groups -OCH3 is 1. The molecule has 0 spiro atoms. The molecule has 1 N–H and O–H groups in total. The number of hydrogen-bond donors (Lipinski definition) is 1. The van der Waals surface area contributed by atoms with Crippen LogP contribution in [0.3, 0.4) is 0 Å². The molecule has 0 aliphatic carbocycles. The van der Waals surface area contributed by atoms with E-state index >= 15 is 0 Å². The number of nitrogens with zero attached hydrogens (tertiary/aromatic N) is 3. The zero-order valence-electron chi connectivity index (χ0n) is 18.3. The van der Waals surface area contributed by atoms with Crippen molar-refractivity contribution in [2.75, 3.05) is 18.6 Å². The third-order valence-electron chi connectivity index (χ3n) is 5.81. The fourth-order valence-electron chi connectivity index (χ4n) is 4.06. The number of hydrogen-bond acceptors (Lipinski definition) is 4. The summed E-state index contributed by atoms with van der Waals surface area (Å²) in [6, 6.07) is 15.0. The standard InChI is InChI=1S/C24H25ClN4O3/c1-15-20(16(2)29(27-15)19-7-5-4-6-8-19)13-26-24(31)17-11-23(30)28(14-17)21-12-18(25)9-10-22(21)32-3/h4-10,12,17H,11,13-14H2,1-3H3,(H,26,31). The van der Waals surface area contributed by atoms with Crippen LogP contribution in [0.4, 0.5) is 5.69 Å². The summed E-state index contributed by atoms with van der Waals surface area (Å²) in [5, 5.41) is 8.12. The third-order valence-corrected chi connectivity index (χ3v) is 6.04. The Kier molecular flexibility index (Phi) is 6.19. The summed E-state index contributed by atoms with van der Waals surface area (Å²) in [6.45, 7) is 4.55. The third kappa shape index (κ3) is 4.21. The Morgan fingerprint density at radius 2 is 1.97 bits per heavy atom. The van der Waals surface area contributed by atoms with Crippen molar-refractivity contribution in [1.82, 2.24) is 15.1 Å². The van der Waals surface area contributed by atoms with E-state index in [1.165, 1.54) is 7.11 Å². The lowest BCUT2D eigenvalue weighted by Crippen LogP contribution is -2.33. The van der Waals surface area contributed by atoms with Gasteiger partial charge in [-0.3, -0.25) is 9.59 Å². The molecule has 0 bridgehead atoms. The number of nitrogens with one attached hydrogen (secondary N) is 1. The molecule has 7 nitrogen and oxygen atoms in total. The summed E-state index contributed by atoms with van der Waals surface area (Å²) >= 11 is 6.11. The molecule has 0 radical (unpaired) electrons. The molecule has 32 heavy (non-hydrogen) atoms. The summed E-state index contributed by atoms with van der Waals surface area (Å²) in [7, 11) is 1.54. The van der Waals surface area contributed by atoms with E-state index in [1.807, 2.05) is 48.9 Å². The normalized spacial score (nSPS) is 15.8. The van der Waals surface area contributed by atoms with Crippen LogP contribution in [0.15, 0.2) is 48.5 Å². The van der Waals surface area contributed by atoms with Crippen LogP contribution in [0.1, 0.15) is 23.4 Å². The number of carbonyl (C=O) groups excluding carboxylic acids is 2. The van der Waals surface area contributed by atoms with Gasteiger partial charge in [-0.15, -0.1) is 0 Å². The van der Waals surface area contributed by atoms with Crippen LogP contribution in [0.25, 0.3) is 5.69 Å². The van der Waals surface area contributed by atoms with Crippen molar-refractivity contribution >= 4 is 29.1 Å². The molecule has 1 aliphatic rings. The van der Waals surface area contributed by atoms with Gasteiger partial charge >= 0.3 is 0 Å². The maximum Gasteiger partial charge on any atom is 0.227 e. The molecule has 3 aromatic rings. The van der Waals surface area contributed by atoms with Gasteiger partial charge in [0.25, 0.3) is 0 Å². The highest BCUT2D eigenvalue weighted by Crippen LogP contribution is 2.35. The van der Waals surface area contributed by atoms with Crippen molar-refractivity contribution in [2.45, 2.75) is 26.8 Å². The smallest absolute Gasteiger partial charge is 0.227 e. The molecule has 1 unspecified atom stereocenters. The van der Waals surface area contributed by atoms with Gasteiger partial charge in [-0.2, -0.15) is 5.10 Å². The van der Waals surface area contributed by atoms with Gasteiger partial charge in [0.05, 0.1) is 30.1 Å². The van der Waals surface area contributed by atoms with Crippen molar-refractivity contribution in [3.63, 3.8) is 0 Å². The van der Waals surface area contributed by atoms with Crippen molar-refractivity contribution in [3.05, 3.63) is 70.5 Å². The second-order valence-corrected chi connectivity index (χ2v) is 8.27. The SMILES string of the molecule is COc1ccc(Cl)cc1N1CC(C(=O)NCc2c(C)nn(-c3ccccc3)c2C)CC1=O. The number of carbonyl (C=O) groups is 2. The second-order valence-electron chi connectivity index (χ2n) is 7.84. The maximum atomic E-state index is 12.9. The lowest BCUT2D eigenvalue weighted by Gasteiger charge is -2.20. The predicted octanol–water partition coefficient (Wildman–Crippen LogP) is 3.82. The number of ether oxygens (including phenoxy) is 1. The van der Waals surface area contributed by atoms with Crippen molar-refractivity contribution in [1.29, 1.82) is 0 Å². The number of anilines is 1. The Bertz CT molecular complexity index is 1160. The summed E-state index contributed by atoms with van der Waals surface area (Å²) in [5.41, 5.74) is 4.36. The molecule has 2 amide bonds. The van der Waals surface area contributed by atoms with Crippen molar-refractivity contribution < 1.29 is 14.3 Å². The predicted molar refractivity (Wildman–Crippen MR) is 123 cm³/mol. The molecule has 2 heterocycles. The highest BCUT2D eigenvalue weighted by atomic mass is 35.5. The highest BCUT2D eigenvalue weighted by molar-refractivity contribution is 6.31. The van der Waals surface area contributed by atoms with E-state index in [1.54, 1.807) is 23.1 Å². The number of benzene rings is 2. The molecule has 4 rings (SSSR count). The maximum absolute atomic E-state index is 12.9. The summed E-state index contributed by atoms with van der Waals surface area (Å²) < 4.78 is 7.24. The summed E-state index contributed by atoms with van der Waals surface area (Å²) in [5.74, 6) is -0.192. The zero-order valence-corrected chi connectivity index (χ0v) is 19.0. The van der Waals surface area contributed by atoms with Gasteiger partial charge in [-0.25, -0.2) is 4.68 Å². The Morgan fingerprint density at radius 3 is 2.69 bits per heavy atom. The average molecular weight is 453 g/mol. The van der Waals surface area contributed by atoms with Crippen LogP contribution < -0.4 is 15.0 Å². The van der Waals surface area contributed by atoms with E-state index < -0.39 is 5.92 Å². The van der Waals surface area contributed by atoms with Crippen LogP contribution in [-0.2, 0) is 16.1 Å². The average Bonchev–Trinajstić information content (AvgIpc) is 3.32.